The van der Waals surface area contributed by atoms with Gasteiger partial charge in [0.25, 0.3) is 0 Å². The van der Waals surface area contributed by atoms with Crippen LogP contribution in [0.4, 0.5) is 0 Å². The van der Waals surface area contributed by atoms with Crippen molar-refractivity contribution < 1.29 is 9.41 Å². The van der Waals surface area contributed by atoms with E-state index in [1.807, 2.05) is 0 Å². The average Bonchev–Trinajstić information content (AvgIpc) is 2.20. The average molecular weight is 192 g/mol. The lowest BCUT2D eigenvalue weighted by Crippen LogP contribution is -2.48. The summed E-state index contributed by atoms with van der Waals surface area (Å²) in [5, 5.41) is 8.85. The Kier molecular flexibility index (Phi) is 3.29. The highest BCUT2D eigenvalue weighted by molar-refractivity contribution is 5.40. The third-order valence-electron chi connectivity index (χ3n) is 2.01. The first kappa shape index (κ1) is 10.3. The van der Waals surface area contributed by atoms with E-state index in [1.165, 1.54) is 11.8 Å². The molecule has 0 atom stereocenters. The normalized spacial score (nSPS) is 9.50. The number of hydrogen-bond donors (Lipinski definition) is 1. The molecule has 0 unspecified atom stereocenters. The summed E-state index contributed by atoms with van der Waals surface area (Å²) < 4.78 is 6.53. The van der Waals surface area contributed by atoms with Gasteiger partial charge >= 0.3 is 0 Å². The van der Waals surface area contributed by atoms with Crippen LogP contribution in [0.15, 0.2) is 12.3 Å². The molecule has 0 radical (unpaired) electrons. The number of nitrogen functional groups attached to an aromatic ring is 1. The molecule has 1 aromatic heterocycles. The molecule has 0 fully saturated rings. The number of pyridine rings is 1. The summed E-state index contributed by atoms with van der Waals surface area (Å²) in [4.78, 5) is 0. The van der Waals surface area contributed by atoms with Crippen molar-refractivity contribution in [3.8, 4) is 11.8 Å². The van der Waals surface area contributed by atoms with Crippen molar-refractivity contribution in [2.24, 2.45) is 0 Å². The first-order valence-corrected chi connectivity index (χ1v) is 4.50. The van der Waals surface area contributed by atoms with Gasteiger partial charge in [-0.25, -0.2) is 5.84 Å². The highest BCUT2D eigenvalue weighted by Gasteiger charge is 2.14. The molecule has 0 aromatic carbocycles. The molecule has 0 saturated carbocycles. The van der Waals surface area contributed by atoms with Crippen LogP contribution in [-0.2, 0) is 6.42 Å². The van der Waals surface area contributed by atoms with E-state index in [0.717, 1.165) is 18.5 Å². The number of nitrogens with zero attached hydrogens (tertiary/aromatic N) is 2. The Bertz CT molecular complexity index is 368. The predicted molar refractivity (Wildman–Crippen MR) is 52.0 cm³/mol. The Hall–Kier alpha value is -1.76. The summed E-state index contributed by atoms with van der Waals surface area (Å²) in [5.41, 5.74) is 1.46. The van der Waals surface area contributed by atoms with Gasteiger partial charge in [0.1, 0.15) is 11.6 Å². The molecule has 1 rings (SSSR count). The fraction of sp³-hybridized carbons (Fsp3) is 0.400. The maximum Gasteiger partial charge on any atom is 0.242 e. The van der Waals surface area contributed by atoms with Gasteiger partial charge in [-0.1, -0.05) is 11.6 Å². The lowest BCUT2D eigenvalue weighted by atomic mass is 10.1. The molecule has 0 aliphatic carbocycles. The number of aromatic nitrogens is 1. The van der Waals surface area contributed by atoms with Crippen LogP contribution in [0.2, 0.25) is 0 Å². The fourth-order valence-corrected chi connectivity index (χ4v) is 1.30. The number of nitrogens with two attached hydrogens (primary N) is 1. The van der Waals surface area contributed by atoms with Crippen LogP contribution in [-0.4, -0.2) is 7.11 Å². The minimum atomic E-state index is 0.509. The predicted octanol–water partition coefficient (Wildman–Crippen LogP) is 0.521. The molecule has 0 spiro atoms. The first-order valence-electron chi connectivity index (χ1n) is 4.50. The van der Waals surface area contributed by atoms with E-state index in [1.54, 1.807) is 12.3 Å². The molecule has 1 heterocycles. The van der Waals surface area contributed by atoms with Crippen LogP contribution in [0.3, 0.4) is 0 Å². The largest absolute Gasteiger partial charge is 0.490 e. The molecule has 4 nitrogen and oxygen atoms in total. The van der Waals surface area contributed by atoms with E-state index in [-0.39, 0.29) is 0 Å². The van der Waals surface area contributed by atoms with E-state index in [4.69, 9.17) is 15.8 Å². The van der Waals surface area contributed by atoms with Crippen molar-refractivity contribution in [3.63, 3.8) is 0 Å². The molecule has 0 amide bonds. The Morgan fingerprint density at radius 2 is 2.36 bits per heavy atom. The topological polar surface area (TPSA) is 62.9 Å². The molecule has 0 aliphatic heterocycles. The second-order valence-corrected chi connectivity index (χ2v) is 3.02. The highest BCUT2D eigenvalue weighted by Crippen LogP contribution is 2.15. The van der Waals surface area contributed by atoms with Gasteiger partial charge in [-0.15, -0.1) is 0 Å². The lowest BCUT2D eigenvalue weighted by molar-refractivity contribution is -0.647. The van der Waals surface area contributed by atoms with Gasteiger partial charge in [-0.05, 0) is 6.42 Å². The standard InChI is InChI=1S/C10H14N3O/c1-3-4-9-5-8(6-11)10(14-2)7-13(9)12/h5,7H,3-4,12H2,1-2H3/q+1. The van der Waals surface area contributed by atoms with E-state index < -0.39 is 0 Å². The monoisotopic (exact) mass is 192 g/mol. The summed E-state index contributed by atoms with van der Waals surface area (Å²) in [6.45, 7) is 2.07. The van der Waals surface area contributed by atoms with Gasteiger partial charge in [-0.2, -0.15) is 5.26 Å². The number of nitriles is 1. The molecule has 0 saturated heterocycles. The van der Waals surface area contributed by atoms with Crippen molar-refractivity contribution in [2.45, 2.75) is 19.8 Å². The van der Waals surface area contributed by atoms with Gasteiger partial charge in [0.2, 0.25) is 17.6 Å². The number of methoxy groups -OCH3 is 1. The zero-order valence-electron chi connectivity index (χ0n) is 8.45. The van der Waals surface area contributed by atoms with Gasteiger partial charge in [0, 0.05) is 12.5 Å². The number of ether oxygens (including phenoxy) is 1. The molecule has 14 heavy (non-hydrogen) atoms. The first-order chi connectivity index (χ1) is 6.72. The SMILES string of the molecule is CCCc1cc(C#N)c(OC)c[n+]1N. The van der Waals surface area contributed by atoms with Crippen molar-refractivity contribution in [3.05, 3.63) is 23.5 Å². The van der Waals surface area contributed by atoms with Crippen LogP contribution < -0.4 is 15.3 Å². The Balaban J connectivity index is 3.18. The van der Waals surface area contributed by atoms with Crippen molar-refractivity contribution in [1.29, 1.82) is 5.26 Å². The van der Waals surface area contributed by atoms with E-state index in [2.05, 4.69) is 13.0 Å². The third-order valence-corrected chi connectivity index (χ3v) is 2.01. The highest BCUT2D eigenvalue weighted by atomic mass is 16.5. The maximum atomic E-state index is 8.85. The zero-order valence-corrected chi connectivity index (χ0v) is 8.45. The van der Waals surface area contributed by atoms with E-state index in [0.29, 0.717) is 11.3 Å². The molecule has 2 N–H and O–H groups in total. The lowest BCUT2D eigenvalue weighted by Gasteiger charge is -2.02. The molecular formula is C10H14N3O+. The van der Waals surface area contributed by atoms with Crippen molar-refractivity contribution >= 4 is 0 Å². The van der Waals surface area contributed by atoms with Crippen LogP contribution in [0.25, 0.3) is 0 Å². The van der Waals surface area contributed by atoms with Gasteiger partial charge < -0.3 is 4.74 Å². The number of rotatable bonds is 3. The van der Waals surface area contributed by atoms with Crippen LogP contribution in [0.5, 0.6) is 5.75 Å². The second kappa shape index (κ2) is 4.47. The van der Waals surface area contributed by atoms with Crippen LogP contribution >= 0.6 is 0 Å². The van der Waals surface area contributed by atoms with Gasteiger partial charge in [0.05, 0.1) is 7.11 Å². The Labute approximate surface area is 83.5 Å². The molecular weight excluding hydrogens is 178 g/mol. The molecule has 74 valence electrons. The maximum absolute atomic E-state index is 8.85. The molecule has 0 aliphatic rings. The van der Waals surface area contributed by atoms with Crippen molar-refractivity contribution in [1.82, 2.24) is 0 Å². The summed E-state index contributed by atoms with van der Waals surface area (Å²) >= 11 is 0. The fourth-order valence-electron chi connectivity index (χ4n) is 1.30. The van der Waals surface area contributed by atoms with Crippen molar-refractivity contribution in [2.75, 3.05) is 13.0 Å². The minimum absolute atomic E-state index is 0.509. The molecule has 4 heteroatoms. The summed E-state index contributed by atoms with van der Waals surface area (Å²) in [5.74, 6) is 6.24. The quantitative estimate of drug-likeness (QED) is 0.561. The zero-order chi connectivity index (χ0) is 10.6. The Morgan fingerprint density at radius 3 is 2.86 bits per heavy atom. The van der Waals surface area contributed by atoms with E-state index in [9.17, 15) is 0 Å². The third kappa shape index (κ3) is 1.94. The van der Waals surface area contributed by atoms with Gasteiger partial charge in [-0.3, -0.25) is 0 Å². The number of aryl methyl sites for hydroxylation is 1. The summed E-state index contributed by atoms with van der Waals surface area (Å²) in [6, 6.07) is 3.84. The van der Waals surface area contributed by atoms with Crippen LogP contribution in [0.1, 0.15) is 24.6 Å². The molecule has 1 aromatic rings. The molecule has 0 bridgehead atoms. The smallest absolute Gasteiger partial charge is 0.242 e. The summed E-state index contributed by atoms with van der Waals surface area (Å²) in [6.07, 6.45) is 3.48. The van der Waals surface area contributed by atoms with Crippen LogP contribution in [0, 0.1) is 11.3 Å². The number of hydrogen-bond acceptors (Lipinski definition) is 3. The van der Waals surface area contributed by atoms with Gasteiger partial charge in [0.15, 0.2) is 0 Å². The van der Waals surface area contributed by atoms with E-state index >= 15 is 0 Å². The summed E-state index contributed by atoms with van der Waals surface area (Å²) in [7, 11) is 1.52. The Morgan fingerprint density at radius 1 is 1.64 bits per heavy atom. The second-order valence-electron chi connectivity index (χ2n) is 3.02. The minimum Gasteiger partial charge on any atom is -0.490 e.